The lowest BCUT2D eigenvalue weighted by molar-refractivity contribution is 0.293. The fraction of sp³-hybridized carbons (Fsp3) is 0.385. The lowest BCUT2D eigenvalue weighted by Crippen LogP contribution is -2.18. The van der Waals surface area contributed by atoms with Crippen molar-refractivity contribution in [2.75, 3.05) is 14.2 Å². The SMILES string of the molecule is COc1ccc(Br)cc1CN(C)Cc1noc(CN)n1. The number of nitrogens with two attached hydrogens (primary N) is 1. The van der Waals surface area contributed by atoms with E-state index >= 15 is 0 Å². The highest BCUT2D eigenvalue weighted by molar-refractivity contribution is 9.10. The van der Waals surface area contributed by atoms with Crippen molar-refractivity contribution in [1.82, 2.24) is 15.0 Å². The van der Waals surface area contributed by atoms with E-state index in [4.69, 9.17) is 15.0 Å². The highest BCUT2D eigenvalue weighted by Crippen LogP contribution is 2.24. The van der Waals surface area contributed by atoms with Gasteiger partial charge >= 0.3 is 0 Å². The summed E-state index contributed by atoms with van der Waals surface area (Å²) in [6.07, 6.45) is 0. The molecule has 2 aromatic rings. The molecule has 0 saturated carbocycles. The summed E-state index contributed by atoms with van der Waals surface area (Å²) in [5, 5.41) is 3.88. The van der Waals surface area contributed by atoms with E-state index in [1.807, 2.05) is 25.2 Å². The van der Waals surface area contributed by atoms with Crippen molar-refractivity contribution in [3.63, 3.8) is 0 Å². The fourth-order valence-corrected chi connectivity index (χ4v) is 2.30. The third-order valence-corrected chi connectivity index (χ3v) is 3.27. The molecule has 7 heteroatoms. The van der Waals surface area contributed by atoms with Crippen LogP contribution in [0.15, 0.2) is 27.2 Å². The van der Waals surface area contributed by atoms with Gasteiger partial charge in [-0.25, -0.2) is 0 Å². The van der Waals surface area contributed by atoms with Crippen molar-refractivity contribution in [2.45, 2.75) is 19.6 Å². The Balaban J connectivity index is 2.03. The minimum Gasteiger partial charge on any atom is -0.496 e. The highest BCUT2D eigenvalue weighted by atomic mass is 79.9. The lowest BCUT2D eigenvalue weighted by atomic mass is 10.2. The van der Waals surface area contributed by atoms with Gasteiger partial charge in [0.15, 0.2) is 5.82 Å². The average molecular weight is 341 g/mol. The molecule has 0 spiro atoms. The zero-order chi connectivity index (χ0) is 14.5. The Morgan fingerprint density at radius 3 is 2.85 bits per heavy atom. The van der Waals surface area contributed by atoms with Crippen LogP contribution in [-0.4, -0.2) is 29.2 Å². The first kappa shape index (κ1) is 15.0. The summed E-state index contributed by atoms with van der Waals surface area (Å²) in [4.78, 5) is 6.26. The second-order valence-electron chi connectivity index (χ2n) is 4.44. The predicted molar refractivity (Wildman–Crippen MR) is 78.1 cm³/mol. The monoisotopic (exact) mass is 340 g/mol. The normalized spacial score (nSPS) is 11.1. The molecule has 0 aliphatic rings. The molecule has 1 heterocycles. The molecule has 0 saturated heterocycles. The number of methoxy groups -OCH3 is 1. The van der Waals surface area contributed by atoms with Gasteiger partial charge in [0.05, 0.1) is 20.2 Å². The Morgan fingerprint density at radius 1 is 1.40 bits per heavy atom. The van der Waals surface area contributed by atoms with Crippen LogP contribution in [0.5, 0.6) is 5.75 Å². The van der Waals surface area contributed by atoms with Crippen molar-refractivity contribution < 1.29 is 9.26 Å². The predicted octanol–water partition coefficient (Wildman–Crippen LogP) is 1.93. The zero-order valence-corrected chi connectivity index (χ0v) is 13.1. The van der Waals surface area contributed by atoms with E-state index in [9.17, 15) is 0 Å². The fourth-order valence-electron chi connectivity index (χ4n) is 1.90. The number of aromatic nitrogens is 2. The summed E-state index contributed by atoms with van der Waals surface area (Å²) in [6.45, 7) is 1.56. The van der Waals surface area contributed by atoms with Gasteiger partial charge in [0.2, 0.25) is 5.89 Å². The molecule has 2 rings (SSSR count). The van der Waals surface area contributed by atoms with Crippen LogP contribution in [0.4, 0.5) is 0 Å². The number of hydrogen-bond donors (Lipinski definition) is 1. The van der Waals surface area contributed by atoms with Crippen LogP contribution < -0.4 is 10.5 Å². The molecule has 2 N–H and O–H groups in total. The molecule has 0 bridgehead atoms. The molecule has 1 aromatic carbocycles. The maximum atomic E-state index is 5.44. The van der Waals surface area contributed by atoms with E-state index < -0.39 is 0 Å². The van der Waals surface area contributed by atoms with Crippen molar-refractivity contribution in [2.24, 2.45) is 5.73 Å². The average Bonchev–Trinajstić information content (AvgIpc) is 2.86. The first-order valence-corrected chi connectivity index (χ1v) is 6.94. The van der Waals surface area contributed by atoms with Crippen LogP contribution in [0.3, 0.4) is 0 Å². The van der Waals surface area contributed by atoms with E-state index in [-0.39, 0.29) is 6.54 Å². The van der Waals surface area contributed by atoms with E-state index in [1.165, 1.54) is 0 Å². The quantitative estimate of drug-likeness (QED) is 0.865. The lowest BCUT2D eigenvalue weighted by Gasteiger charge is -2.16. The molecule has 1 aromatic heterocycles. The number of hydrogen-bond acceptors (Lipinski definition) is 6. The Labute approximate surface area is 126 Å². The summed E-state index contributed by atoms with van der Waals surface area (Å²) in [7, 11) is 3.65. The van der Waals surface area contributed by atoms with E-state index in [0.29, 0.717) is 18.3 Å². The molecule has 108 valence electrons. The summed E-state index contributed by atoms with van der Waals surface area (Å²) >= 11 is 3.47. The van der Waals surface area contributed by atoms with Crippen LogP contribution in [-0.2, 0) is 19.6 Å². The van der Waals surface area contributed by atoms with E-state index in [1.54, 1.807) is 7.11 Å². The molecule has 0 unspecified atom stereocenters. The number of rotatable bonds is 6. The zero-order valence-electron chi connectivity index (χ0n) is 11.5. The van der Waals surface area contributed by atoms with Crippen molar-refractivity contribution >= 4 is 15.9 Å². The number of nitrogens with zero attached hydrogens (tertiary/aromatic N) is 3. The number of halogens is 1. The number of benzene rings is 1. The summed E-state index contributed by atoms with van der Waals surface area (Å²) in [6, 6.07) is 5.93. The van der Waals surface area contributed by atoms with Crippen LogP contribution in [0.25, 0.3) is 0 Å². The molecule has 6 nitrogen and oxygen atoms in total. The summed E-state index contributed by atoms with van der Waals surface area (Å²) in [5.41, 5.74) is 6.53. The Kier molecular flexibility index (Phi) is 5.11. The Hall–Kier alpha value is -1.44. The molecule has 0 amide bonds. The van der Waals surface area contributed by atoms with Crippen LogP contribution in [0.1, 0.15) is 17.3 Å². The van der Waals surface area contributed by atoms with Gasteiger partial charge in [-0.05, 0) is 25.2 Å². The van der Waals surface area contributed by atoms with Crippen molar-refractivity contribution in [1.29, 1.82) is 0 Å². The van der Waals surface area contributed by atoms with Gasteiger partial charge < -0.3 is 15.0 Å². The second-order valence-corrected chi connectivity index (χ2v) is 5.35. The molecule has 0 radical (unpaired) electrons. The van der Waals surface area contributed by atoms with Gasteiger partial charge in [-0.15, -0.1) is 0 Å². The molecule has 0 aliphatic heterocycles. The Bertz CT molecular complexity index is 573. The third kappa shape index (κ3) is 3.78. The minimum absolute atomic E-state index is 0.260. The smallest absolute Gasteiger partial charge is 0.240 e. The van der Waals surface area contributed by atoms with Gasteiger partial charge in [0.1, 0.15) is 5.75 Å². The maximum absolute atomic E-state index is 5.44. The van der Waals surface area contributed by atoms with Gasteiger partial charge in [-0.2, -0.15) is 4.98 Å². The highest BCUT2D eigenvalue weighted by Gasteiger charge is 2.11. The summed E-state index contributed by atoms with van der Waals surface area (Å²) < 4.78 is 11.4. The minimum atomic E-state index is 0.260. The topological polar surface area (TPSA) is 77.4 Å². The molecule has 0 atom stereocenters. The number of ether oxygens (including phenoxy) is 1. The van der Waals surface area contributed by atoms with E-state index in [2.05, 4.69) is 31.0 Å². The first-order chi connectivity index (χ1) is 9.62. The molecular formula is C13H17BrN4O2. The standard InChI is InChI=1S/C13H17BrN4O2/c1-18(8-12-16-13(6-15)20-17-12)7-9-5-10(14)3-4-11(9)19-2/h3-5H,6-8,15H2,1-2H3. The van der Waals surface area contributed by atoms with Crippen molar-refractivity contribution in [3.05, 3.63) is 40.0 Å². The van der Waals surface area contributed by atoms with Crippen LogP contribution >= 0.6 is 15.9 Å². The summed E-state index contributed by atoms with van der Waals surface area (Å²) in [5.74, 6) is 1.94. The van der Waals surface area contributed by atoms with E-state index in [0.717, 1.165) is 22.3 Å². The third-order valence-electron chi connectivity index (χ3n) is 2.78. The molecule has 0 aliphatic carbocycles. The molecular weight excluding hydrogens is 324 g/mol. The maximum Gasteiger partial charge on any atom is 0.240 e. The van der Waals surface area contributed by atoms with Gasteiger partial charge in [-0.1, -0.05) is 21.1 Å². The molecule has 0 fully saturated rings. The molecule has 20 heavy (non-hydrogen) atoms. The van der Waals surface area contributed by atoms with Crippen LogP contribution in [0, 0.1) is 0 Å². The van der Waals surface area contributed by atoms with Gasteiger partial charge in [0.25, 0.3) is 0 Å². The largest absolute Gasteiger partial charge is 0.496 e. The van der Waals surface area contributed by atoms with Gasteiger partial charge in [0, 0.05) is 16.6 Å². The first-order valence-electron chi connectivity index (χ1n) is 6.15. The second kappa shape index (κ2) is 6.83. The Morgan fingerprint density at radius 2 is 2.20 bits per heavy atom. The van der Waals surface area contributed by atoms with Crippen LogP contribution in [0.2, 0.25) is 0 Å². The van der Waals surface area contributed by atoms with Gasteiger partial charge in [-0.3, -0.25) is 4.90 Å². The van der Waals surface area contributed by atoms with Crippen molar-refractivity contribution in [3.8, 4) is 5.75 Å².